The zero-order chi connectivity index (χ0) is 6.97. The molecule has 0 bridgehead atoms. The fourth-order valence-electron chi connectivity index (χ4n) is 1.22. The number of anilines is 1. The molecule has 11 heavy (non-hydrogen) atoms. The number of rotatable bonds is 0. The van der Waals surface area contributed by atoms with Crippen LogP contribution in [0.25, 0.3) is 0 Å². The highest BCUT2D eigenvalue weighted by atomic mass is 35.5. The van der Waals surface area contributed by atoms with E-state index >= 15 is 0 Å². The van der Waals surface area contributed by atoms with Gasteiger partial charge in [-0.25, -0.2) is 0 Å². The Morgan fingerprint density at radius 1 is 1.45 bits per heavy atom. The number of nitrogens with one attached hydrogen (secondary N) is 2. The van der Waals surface area contributed by atoms with E-state index in [2.05, 4.69) is 10.3 Å². The molecule has 0 aromatic carbocycles. The lowest BCUT2D eigenvalue weighted by Gasteiger charge is -1.94. The number of halogens is 1. The minimum absolute atomic E-state index is 0. The third kappa shape index (κ3) is 1.38. The minimum Gasteiger partial charge on any atom is -0.383 e. The molecule has 1 aromatic rings. The van der Waals surface area contributed by atoms with Crippen molar-refractivity contribution in [2.75, 3.05) is 11.9 Å². The van der Waals surface area contributed by atoms with Gasteiger partial charge in [0.05, 0.1) is 5.69 Å². The van der Waals surface area contributed by atoms with E-state index in [1.54, 1.807) is 12.3 Å². The molecule has 1 aromatic heterocycles. The van der Waals surface area contributed by atoms with Crippen LogP contribution in [0, 0.1) is 0 Å². The quantitative estimate of drug-likeness (QED) is 0.607. The van der Waals surface area contributed by atoms with Crippen molar-refractivity contribution in [3.63, 3.8) is 0 Å². The molecule has 0 fully saturated rings. The van der Waals surface area contributed by atoms with Crippen LogP contribution in [-0.4, -0.2) is 11.5 Å². The van der Waals surface area contributed by atoms with Gasteiger partial charge >= 0.3 is 0 Å². The van der Waals surface area contributed by atoms with Crippen LogP contribution in [0.5, 0.6) is 0 Å². The van der Waals surface area contributed by atoms with Gasteiger partial charge in [-0.05, 0) is 12.0 Å². The van der Waals surface area contributed by atoms with E-state index in [-0.39, 0.29) is 18.0 Å². The van der Waals surface area contributed by atoms with Gasteiger partial charge in [0.15, 0.2) is 0 Å². The lowest BCUT2D eigenvalue weighted by Crippen LogP contribution is -2.03. The van der Waals surface area contributed by atoms with Gasteiger partial charge in [-0.2, -0.15) is 0 Å². The molecule has 2 N–H and O–H groups in total. The lowest BCUT2D eigenvalue weighted by molar-refractivity contribution is 1.10. The summed E-state index contributed by atoms with van der Waals surface area (Å²) >= 11 is 0. The molecule has 3 nitrogen and oxygen atoms in total. The summed E-state index contributed by atoms with van der Waals surface area (Å²) in [6, 6.07) is 1.65. The van der Waals surface area contributed by atoms with E-state index in [0.29, 0.717) is 0 Å². The smallest absolute Gasteiger partial charge is 0.248 e. The highest BCUT2D eigenvalue weighted by molar-refractivity contribution is 5.85. The molecular formula is C7H9ClN2O. The van der Waals surface area contributed by atoms with Crippen LogP contribution in [0.1, 0.15) is 5.56 Å². The van der Waals surface area contributed by atoms with E-state index in [1.165, 1.54) is 0 Å². The van der Waals surface area contributed by atoms with Crippen molar-refractivity contribution in [2.24, 2.45) is 0 Å². The molecule has 0 saturated carbocycles. The first-order chi connectivity index (χ1) is 4.86. The topological polar surface area (TPSA) is 44.9 Å². The summed E-state index contributed by atoms with van der Waals surface area (Å²) in [5, 5.41) is 3.16. The van der Waals surface area contributed by atoms with Crippen LogP contribution in [0.4, 0.5) is 5.69 Å². The number of hydrogen-bond acceptors (Lipinski definition) is 2. The van der Waals surface area contributed by atoms with E-state index in [4.69, 9.17) is 0 Å². The Bertz CT molecular complexity index is 308. The molecular weight excluding hydrogens is 164 g/mol. The summed E-state index contributed by atoms with van der Waals surface area (Å²) in [7, 11) is 0. The van der Waals surface area contributed by atoms with Gasteiger partial charge in [-0.3, -0.25) is 4.79 Å². The number of aromatic amines is 1. The summed E-state index contributed by atoms with van der Waals surface area (Å²) in [4.78, 5) is 13.4. The molecule has 60 valence electrons. The van der Waals surface area contributed by atoms with E-state index in [1.807, 2.05) is 0 Å². The second-order valence-electron chi connectivity index (χ2n) is 2.41. The predicted octanol–water partition coefficient (Wildman–Crippen LogP) is 0.765. The molecule has 0 amide bonds. The van der Waals surface area contributed by atoms with E-state index in [9.17, 15) is 4.79 Å². The molecule has 2 rings (SSSR count). The molecule has 0 atom stereocenters. The number of fused-ring (bicyclic) bond motifs is 1. The van der Waals surface area contributed by atoms with Gasteiger partial charge in [-0.1, -0.05) is 0 Å². The maximum Gasteiger partial charge on any atom is 0.248 e. The molecule has 0 radical (unpaired) electrons. The highest BCUT2D eigenvalue weighted by Crippen LogP contribution is 2.17. The standard InChI is InChI=1S/C7H8N2O.ClH/c10-7-3-5-1-2-8-6(5)4-9-7;/h3-4,8H,1-2H2,(H,9,10);1H. The molecule has 0 saturated heterocycles. The summed E-state index contributed by atoms with van der Waals surface area (Å²) < 4.78 is 0. The van der Waals surface area contributed by atoms with Gasteiger partial charge in [-0.15, -0.1) is 12.4 Å². The van der Waals surface area contributed by atoms with E-state index in [0.717, 1.165) is 24.2 Å². The van der Waals surface area contributed by atoms with Crippen LogP contribution in [0.2, 0.25) is 0 Å². The monoisotopic (exact) mass is 172 g/mol. The SMILES string of the molecule is Cl.O=c1cc2c(c[nH]1)NCC2. The average molecular weight is 173 g/mol. The van der Waals surface area contributed by atoms with Crippen molar-refractivity contribution in [3.8, 4) is 0 Å². The molecule has 2 heterocycles. The van der Waals surface area contributed by atoms with Crippen LogP contribution in [0.3, 0.4) is 0 Å². The number of H-pyrrole nitrogens is 1. The molecule has 0 unspecified atom stereocenters. The zero-order valence-electron chi connectivity index (χ0n) is 5.89. The first-order valence-electron chi connectivity index (χ1n) is 3.32. The second-order valence-corrected chi connectivity index (χ2v) is 2.41. The molecule has 0 aliphatic carbocycles. The average Bonchev–Trinajstić information content (AvgIpc) is 2.33. The molecule has 4 heteroatoms. The van der Waals surface area contributed by atoms with Crippen molar-refractivity contribution in [2.45, 2.75) is 6.42 Å². The van der Waals surface area contributed by atoms with Gasteiger partial charge in [0.25, 0.3) is 0 Å². The Hall–Kier alpha value is -0.960. The highest BCUT2D eigenvalue weighted by Gasteiger charge is 2.08. The van der Waals surface area contributed by atoms with Gasteiger partial charge < -0.3 is 10.3 Å². The maximum absolute atomic E-state index is 10.7. The zero-order valence-corrected chi connectivity index (χ0v) is 6.70. The minimum atomic E-state index is -0.0116. The van der Waals surface area contributed by atoms with Crippen molar-refractivity contribution in [1.82, 2.24) is 4.98 Å². The third-order valence-corrected chi connectivity index (χ3v) is 1.72. The van der Waals surface area contributed by atoms with Gasteiger partial charge in [0.1, 0.15) is 0 Å². The Kier molecular flexibility index (Phi) is 2.19. The van der Waals surface area contributed by atoms with Crippen LogP contribution in [0.15, 0.2) is 17.1 Å². The largest absolute Gasteiger partial charge is 0.383 e. The van der Waals surface area contributed by atoms with Gasteiger partial charge in [0, 0.05) is 18.8 Å². The normalized spacial score (nSPS) is 13.1. The third-order valence-electron chi connectivity index (χ3n) is 1.72. The second kappa shape index (κ2) is 2.96. The summed E-state index contributed by atoms with van der Waals surface area (Å²) in [5.41, 5.74) is 2.19. The van der Waals surface area contributed by atoms with Crippen molar-refractivity contribution < 1.29 is 0 Å². The molecule has 1 aliphatic rings. The number of hydrogen-bond donors (Lipinski definition) is 2. The Labute approximate surface area is 70.2 Å². The fourth-order valence-corrected chi connectivity index (χ4v) is 1.22. The van der Waals surface area contributed by atoms with Crippen LogP contribution in [-0.2, 0) is 6.42 Å². The Morgan fingerprint density at radius 2 is 2.27 bits per heavy atom. The Morgan fingerprint density at radius 3 is 3.09 bits per heavy atom. The first kappa shape index (κ1) is 8.14. The summed E-state index contributed by atoms with van der Waals surface area (Å²) in [5.74, 6) is 0. The molecule has 0 spiro atoms. The van der Waals surface area contributed by atoms with Gasteiger partial charge in [0.2, 0.25) is 5.56 Å². The summed E-state index contributed by atoms with van der Waals surface area (Å²) in [6.07, 6.45) is 2.70. The fraction of sp³-hybridized carbons (Fsp3) is 0.286. The predicted molar refractivity (Wildman–Crippen MR) is 46.5 cm³/mol. The number of aromatic nitrogens is 1. The maximum atomic E-state index is 10.7. The van der Waals surface area contributed by atoms with Crippen LogP contribution >= 0.6 is 12.4 Å². The lowest BCUT2D eigenvalue weighted by atomic mass is 10.2. The van der Waals surface area contributed by atoms with E-state index < -0.39 is 0 Å². The van der Waals surface area contributed by atoms with Crippen molar-refractivity contribution in [1.29, 1.82) is 0 Å². The van der Waals surface area contributed by atoms with Crippen molar-refractivity contribution in [3.05, 3.63) is 28.2 Å². The molecule has 1 aliphatic heterocycles. The first-order valence-corrected chi connectivity index (χ1v) is 3.32. The Balaban J connectivity index is 0.000000605. The summed E-state index contributed by atoms with van der Waals surface area (Å²) in [6.45, 7) is 0.951. The van der Waals surface area contributed by atoms with Crippen molar-refractivity contribution >= 4 is 18.1 Å². The van der Waals surface area contributed by atoms with Crippen LogP contribution < -0.4 is 10.9 Å². The number of pyridine rings is 1.